The molecule has 1 atom stereocenters. The molecule has 0 radical (unpaired) electrons. The van der Waals surface area contributed by atoms with E-state index in [2.05, 4.69) is 0 Å². The zero-order valence-electron chi connectivity index (χ0n) is 7.96. The topological polar surface area (TPSA) is 20.2 Å². The average molecular weight is 164 g/mol. The van der Waals surface area contributed by atoms with Crippen molar-refractivity contribution >= 4 is 0 Å². The lowest BCUT2D eigenvalue weighted by atomic mass is 9.97. The molecule has 1 nitrogen and oxygen atoms in total. The van der Waals surface area contributed by atoms with Crippen LogP contribution >= 0.6 is 0 Å². The van der Waals surface area contributed by atoms with Crippen molar-refractivity contribution in [1.29, 1.82) is 0 Å². The highest BCUT2D eigenvalue weighted by atomic mass is 16.3. The Bertz CT molecular complexity index is 245. The molecule has 0 saturated heterocycles. The Morgan fingerprint density at radius 1 is 1.25 bits per heavy atom. The lowest BCUT2D eigenvalue weighted by Gasteiger charge is -2.14. The Balaban J connectivity index is 3.12. The number of aryl methyl sites for hydroxylation is 2. The maximum atomic E-state index is 9.69. The van der Waals surface area contributed by atoms with Crippen LogP contribution in [0.4, 0.5) is 0 Å². The minimum atomic E-state index is -0.300. The van der Waals surface area contributed by atoms with Gasteiger partial charge in [0.1, 0.15) is 0 Å². The molecular weight excluding hydrogens is 148 g/mol. The number of hydrogen-bond acceptors (Lipinski definition) is 1. The highest BCUT2D eigenvalue weighted by Crippen LogP contribution is 2.23. The molecule has 0 amide bonds. The summed E-state index contributed by atoms with van der Waals surface area (Å²) in [6, 6.07) is 6.11. The number of benzene rings is 1. The van der Waals surface area contributed by atoms with Crippen LogP contribution in [0.15, 0.2) is 18.2 Å². The van der Waals surface area contributed by atoms with Crippen molar-refractivity contribution in [3.63, 3.8) is 0 Å². The predicted molar refractivity (Wildman–Crippen MR) is 51.2 cm³/mol. The third-order valence-corrected chi connectivity index (χ3v) is 2.26. The van der Waals surface area contributed by atoms with Crippen LogP contribution in [0.3, 0.4) is 0 Å². The summed E-state index contributed by atoms with van der Waals surface area (Å²) in [4.78, 5) is 0. The lowest BCUT2D eigenvalue weighted by molar-refractivity contribution is 0.172. The molecule has 1 heteroatoms. The van der Waals surface area contributed by atoms with Crippen molar-refractivity contribution in [2.24, 2.45) is 0 Å². The molecule has 0 spiro atoms. The van der Waals surface area contributed by atoms with Crippen LogP contribution in [0.25, 0.3) is 0 Å². The van der Waals surface area contributed by atoms with Crippen molar-refractivity contribution in [2.45, 2.75) is 33.3 Å². The fourth-order valence-electron chi connectivity index (χ4n) is 1.56. The van der Waals surface area contributed by atoms with Gasteiger partial charge in [-0.25, -0.2) is 0 Å². The Labute approximate surface area is 74.1 Å². The number of rotatable bonds is 2. The van der Waals surface area contributed by atoms with Gasteiger partial charge < -0.3 is 5.11 Å². The van der Waals surface area contributed by atoms with Gasteiger partial charge in [0, 0.05) is 0 Å². The summed E-state index contributed by atoms with van der Waals surface area (Å²) in [6.07, 6.45) is 0.484. The zero-order valence-corrected chi connectivity index (χ0v) is 7.96. The molecule has 0 aromatic heterocycles. The van der Waals surface area contributed by atoms with E-state index in [0.717, 1.165) is 12.0 Å². The van der Waals surface area contributed by atoms with Gasteiger partial charge >= 0.3 is 0 Å². The molecule has 1 aromatic carbocycles. The highest BCUT2D eigenvalue weighted by molar-refractivity contribution is 5.35. The Hall–Kier alpha value is -0.820. The monoisotopic (exact) mass is 164 g/mol. The van der Waals surface area contributed by atoms with Gasteiger partial charge in [-0.3, -0.25) is 0 Å². The standard InChI is InChI=1S/C11H16O/c1-4-10(12)11-8(2)6-5-7-9(11)3/h5-7,10,12H,4H2,1-3H3/t10-/m1/s1. The lowest BCUT2D eigenvalue weighted by Crippen LogP contribution is -2.00. The van der Waals surface area contributed by atoms with E-state index in [4.69, 9.17) is 0 Å². The molecule has 0 fully saturated rings. The van der Waals surface area contributed by atoms with Crippen molar-refractivity contribution in [3.05, 3.63) is 34.9 Å². The first kappa shape index (κ1) is 9.27. The van der Waals surface area contributed by atoms with Gasteiger partial charge in [-0.2, -0.15) is 0 Å². The summed E-state index contributed by atoms with van der Waals surface area (Å²) in [5.74, 6) is 0. The second-order valence-electron chi connectivity index (χ2n) is 3.23. The van der Waals surface area contributed by atoms with Gasteiger partial charge in [0.2, 0.25) is 0 Å². The molecular formula is C11H16O. The zero-order chi connectivity index (χ0) is 9.14. The number of aliphatic hydroxyl groups excluding tert-OH is 1. The maximum Gasteiger partial charge on any atom is 0.0792 e. The Morgan fingerprint density at radius 3 is 2.17 bits per heavy atom. The Kier molecular flexibility index (Phi) is 2.88. The first-order valence-electron chi connectivity index (χ1n) is 4.41. The summed E-state index contributed by atoms with van der Waals surface area (Å²) in [5, 5.41) is 9.69. The van der Waals surface area contributed by atoms with E-state index in [0.29, 0.717) is 0 Å². The predicted octanol–water partition coefficient (Wildman–Crippen LogP) is 2.75. The first-order chi connectivity index (χ1) is 5.66. The average Bonchev–Trinajstić information content (AvgIpc) is 2.03. The highest BCUT2D eigenvalue weighted by Gasteiger charge is 2.09. The van der Waals surface area contributed by atoms with E-state index in [-0.39, 0.29) is 6.10 Å². The molecule has 12 heavy (non-hydrogen) atoms. The van der Waals surface area contributed by atoms with Crippen LogP contribution in [-0.4, -0.2) is 5.11 Å². The number of aliphatic hydroxyl groups is 1. The van der Waals surface area contributed by atoms with Gasteiger partial charge in [-0.1, -0.05) is 25.1 Å². The van der Waals surface area contributed by atoms with Crippen molar-refractivity contribution in [3.8, 4) is 0 Å². The van der Waals surface area contributed by atoms with Gasteiger partial charge in [0.25, 0.3) is 0 Å². The van der Waals surface area contributed by atoms with E-state index in [1.165, 1.54) is 11.1 Å². The normalized spacial score (nSPS) is 13.0. The quantitative estimate of drug-likeness (QED) is 0.712. The van der Waals surface area contributed by atoms with Gasteiger partial charge in [0.15, 0.2) is 0 Å². The molecule has 0 heterocycles. The SMILES string of the molecule is CC[C@@H](O)c1c(C)cccc1C. The van der Waals surface area contributed by atoms with Crippen LogP contribution in [-0.2, 0) is 0 Å². The minimum Gasteiger partial charge on any atom is -0.388 e. The van der Waals surface area contributed by atoms with E-state index < -0.39 is 0 Å². The third-order valence-electron chi connectivity index (χ3n) is 2.26. The molecule has 1 rings (SSSR count). The Morgan fingerprint density at radius 2 is 1.75 bits per heavy atom. The fourth-order valence-corrected chi connectivity index (χ4v) is 1.56. The number of hydrogen-bond donors (Lipinski definition) is 1. The van der Waals surface area contributed by atoms with Crippen LogP contribution in [0.1, 0.15) is 36.1 Å². The smallest absolute Gasteiger partial charge is 0.0792 e. The molecule has 1 N–H and O–H groups in total. The second-order valence-corrected chi connectivity index (χ2v) is 3.23. The maximum absolute atomic E-state index is 9.69. The van der Waals surface area contributed by atoms with E-state index in [9.17, 15) is 5.11 Å². The fraction of sp³-hybridized carbons (Fsp3) is 0.455. The minimum absolute atomic E-state index is 0.300. The van der Waals surface area contributed by atoms with E-state index in [1.54, 1.807) is 0 Å². The van der Waals surface area contributed by atoms with Crippen LogP contribution in [0, 0.1) is 13.8 Å². The van der Waals surface area contributed by atoms with Crippen LogP contribution in [0.2, 0.25) is 0 Å². The van der Waals surface area contributed by atoms with Crippen LogP contribution < -0.4 is 0 Å². The molecule has 0 bridgehead atoms. The van der Waals surface area contributed by atoms with Crippen LogP contribution in [0.5, 0.6) is 0 Å². The summed E-state index contributed by atoms with van der Waals surface area (Å²) in [6.45, 7) is 6.08. The van der Waals surface area contributed by atoms with E-state index >= 15 is 0 Å². The van der Waals surface area contributed by atoms with Crippen molar-refractivity contribution < 1.29 is 5.11 Å². The van der Waals surface area contributed by atoms with Gasteiger partial charge in [-0.15, -0.1) is 0 Å². The molecule has 0 aliphatic carbocycles. The van der Waals surface area contributed by atoms with Gasteiger partial charge in [-0.05, 0) is 37.0 Å². The van der Waals surface area contributed by atoms with Crippen molar-refractivity contribution in [1.82, 2.24) is 0 Å². The first-order valence-corrected chi connectivity index (χ1v) is 4.41. The third kappa shape index (κ3) is 1.67. The van der Waals surface area contributed by atoms with Gasteiger partial charge in [0.05, 0.1) is 6.10 Å². The molecule has 66 valence electrons. The summed E-state index contributed by atoms with van der Waals surface area (Å²) < 4.78 is 0. The largest absolute Gasteiger partial charge is 0.388 e. The summed E-state index contributed by atoms with van der Waals surface area (Å²) in [7, 11) is 0. The summed E-state index contributed by atoms with van der Waals surface area (Å²) in [5.41, 5.74) is 3.47. The van der Waals surface area contributed by atoms with E-state index in [1.807, 2.05) is 39.0 Å². The molecule has 0 aliphatic heterocycles. The molecule has 0 aliphatic rings. The molecule has 0 saturated carbocycles. The van der Waals surface area contributed by atoms with Crippen molar-refractivity contribution in [2.75, 3.05) is 0 Å². The summed E-state index contributed by atoms with van der Waals surface area (Å²) >= 11 is 0. The molecule has 1 aromatic rings. The molecule has 0 unspecified atom stereocenters. The second kappa shape index (κ2) is 3.72.